The normalized spacial score (nSPS) is 17.1. The number of nitrogens with zero attached hydrogens (tertiary/aromatic N) is 5. The summed E-state index contributed by atoms with van der Waals surface area (Å²) in [4.78, 5) is 14.8. The van der Waals surface area contributed by atoms with Gasteiger partial charge in [0.2, 0.25) is 11.9 Å². The Labute approximate surface area is 395 Å². The maximum absolute atomic E-state index is 10.1. The van der Waals surface area contributed by atoms with Crippen LogP contribution in [0.4, 0.5) is 0 Å². The van der Waals surface area contributed by atoms with Gasteiger partial charge in [0, 0.05) is 37.9 Å². The van der Waals surface area contributed by atoms with Crippen molar-refractivity contribution in [1.82, 2.24) is 24.1 Å². The molecule has 4 heterocycles. The average Bonchev–Trinajstić information content (AvgIpc) is 1.67. The summed E-state index contributed by atoms with van der Waals surface area (Å²) in [6, 6.07) is -1.03. The maximum atomic E-state index is 10.1. The molecule has 0 fully saturated rings. The molecule has 13 rings (SSSR count). The minimum absolute atomic E-state index is 0.168. The van der Waals surface area contributed by atoms with Gasteiger partial charge in [-0.1, -0.05) is 169 Å². The smallest absolute Gasteiger partial charge is 0.240 e. The van der Waals surface area contributed by atoms with Crippen molar-refractivity contribution in [2.24, 2.45) is 0 Å². The molecule has 0 atom stereocenters. The van der Waals surface area contributed by atoms with Crippen LogP contribution in [-0.2, 0) is 0 Å². The third-order valence-corrected chi connectivity index (χ3v) is 10.7. The molecule has 0 amide bonds. The quantitative estimate of drug-likeness (QED) is 0.167. The molecule has 63 heavy (non-hydrogen) atoms. The molecule has 0 unspecified atom stereocenters. The molecule has 6 nitrogen and oxygen atoms in total. The largest absolute Gasteiger partial charge is 0.456 e. The fourth-order valence-corrected chi connectivity index (χ4v) is 7.92. The van der Waals surface area contributed by atoms with E-state index in [0.717, 1.165) is 14.5 Å². The lowest BCUT2D eigenvalue weighted by molar-refractivity contribution is 0.669. The number of aromatic nitrogens is 5. The molecule has 0 bridgehead atoms. The van der Waals surface area contributed by atoms with Gasteiger partial charge in [0.15, 0.2) is 5.82 Å². The summed E-state index contributed by atoms with van der Waals surface area (Å²) in [5.74, 6) is -1.73. The predicted octanol–water partition coefficient (Wildman–Crippen LogP) is 14.6. The molecule has 0 N–H and O–H groups in total. The van der Waals surface area contributed by atoms with Crippen LogP contribution in [0.25, 0.3) is 122 Å². The second kappa shape index (κ2) is 14.0. The minimum Gasteiger partial charge on any atom is -0.456 e. The molecular formula is C57H35N5O. The summed E-state index contributed by atoms with van der Waals surface area (Å²) in [6.45, 7) is 0. The first-order valence-electron chi connectivity index (χ1n) is 31.2. The molecule has 0 spiro atoms. The zero-order valence-electron chi connectivity index (χ0n) is 56.0. The molecule has 6 heteroatoms. The Hall–Kier alpha value is -8.61. The molecule has 4 aromatic heterocycles. The first-order valence-corrected chi connectivity index (χ1v) is 19.2. The Morgan fingerprint density at radius 3 is 1.51 bits per heavy atom. The lowest BCUT2D eigenvalue weighted by Gasteiger charge is -2.15. The second-order valence-corrected chi connectivity index (χ2v) is 14.2. The number of hydrogen-bond acceptors (Lipinski definition) is 4. The Morgan fingerprint density at radius 2 is 0.873 bits per heavy atom. The summed E-state index contributed by atoms with van der Waals surface area (Å²) in [5, 5.41) is -0.394. The maximum Gasteiger partial charge on any atom is 0.240 e. The lowest BCUT2D eigenvalue weighted by atomic mass is 9.97. The van der Waals surface area contributed by atoms with Gasteiger partial charge < -0.3 is 4.42 Å². The van der Waals surface area contributed by atoms with Gasteiger partial charge in [-0.25, -0.2) is 0 Å². The number of furan rings is 1. The van der Waals surface area contributed by atoms with Crippen LogP contribution in [0.2, 0.25) is 0 Å². The Bertz CT molecular complexity index is 5080. The molecule has 0 aliphatic heterocycles. The van der Waals surface area contributed by atoms with Gasteiger partial charge in [0.25, 0.3) is 0 Å². The van der Waals surface area contributed by atoms with Gasteiger partial charge in [-0.05, 0) is 75.7 Å². The van der Waals surface area contributed by atoms with Crippen LogP contribution in [0.15, 0.2) is 216 Å². The van der Waals surface area contributed by atoms with Crippen LogP contribution in [-0.4, -0.2) is 24.1 Å². The third kappa shape index (κ3) is 5.62. The summed E-state index contributed by atoms with van der Waals surface area (Å²) in [7, 11) is 0. The van der Waals surface area contributed by atoms with Crippen LogP contribution in [0.3, 0.4) is 0 Å². The fraction of sp³-hybridized carbons (Fsp3) is 0. The van der Waals surface area contributed by atoms with Crippen LogP contribution < -0.4 is 0 Å². The van der Waals surface area contributed by atoms with Gasteiger partial charge in [-0.15, -0.1) is 0 Å². The minimum atomic E-state index is -0.917. The van der Waals surface area contributed by atoms with Crippen molar-refractivity contribution in [3.8, 4) is 56.7 Å². The van der Waals surface area contributed by atoms with Gasteiger partial charge >= 0.3 is 0 Å². The highest BCUT2D eigenvalue weighted by Gasteiger charge is 2.23. The van der Waals surface area contributed by atoms with E-state index < -0.39 is 212 Å². The Balaban J connectivity index is 1.28. The van der Waals surface area contributed by atoms with E-state index >= 15 is 0 Å². The van der Waals surface area contributed by atoms with Gasteiger partial charge in [0.1, 0.15) is 11.2 Å². The third-order valence-electron chi connectivity index (χ3n) is 10.7. The van der Waals surface area contributed by atoms with Crippen LogP contribution in [0, 0.1) is 0 Å². The van der Waals surface area contributed by atoms with E-state index in [9.17, 15) is 13.7 Å². The first kappa shape index (κ1) is 19.0. The highest BCUT2D eigenvalue weighted by atomic mass is 16.3. The Morgan fingerprint density at radius 1 is 0.365 bits per heavy atom. The number of benzene rings is 9. The average molecular weight is 830 g/mol. The molecule has 9 aromatic carbocycles. The molecule has 0 aliphatic carbocycles. The molecule has 0 saturated heterocycles. The van der Waals surface area contributed by atoms with E-state index in [4.69, 9.17) is 38.6 Å². The highest BCUT2D eigenvalue weighted by Crippen LogP contribution is 2.40. The van der Waals surface area contributed by atoms with E-state index in [-0.39, 0.29) is 22.2 Å². The van der Waals surface area contributed by atoms with E-state index in [0.29, 0.717) is 27.7 Å². The monoisotopic (exact) mass is 829 g/mol. The van der Waals surface area contributed by atoms with Crippen LogP contribution in [0.5, 0.6) is 0 Å². The van der Waals surface area contributed by atoms with Crippen molar-refractivity contribution in [2.75, 3.05) is 0 Å². The van der Waals surface area contributed by atoms with Crippen molar-refractivity contribution >= 4 is 65.6 Å². The van der Waals surface area contributed by atoms with E-state index in [1.165, 1.54) is 0 Å². The summed E-state index contributed by atoms with van der Waals surface area (Å²) in [6.07, 6.45) is 0. The van der Waals surface area contributed by atoms with Crippen molar-refractivity contribution in [2.45, 2.75) is 0 Å². The molecule has 0 aliphatic rings. The standard InChI is InChI=1S/C57H35N5O/c1-3-15-36(16-4-1)38-27-30-44-45-31-28-39(37-17-5-2-6-18-37)35-52(45)62(51(44)34-38)57-59-55(58-56(60-57)61-49-24-12-9-20-42(49)43-21-10-13-25-50(43)61)47-23-8-7-19-41(47)40-29-32-54-48(33-40)46-22-11-14-26-53(46)63-54/h1-35H/i1D,2D,3D,4D,5D,6D,9D,10D,12D,13D,15D,16D,17D,18D,20D,21D,24D,25D,27D,28D,30D,31D,34D,35D. The van der Waals surface area contributed by atoms with Crippen molar-refractivity contribution in [1.29, 1.82) is 0 Å². The van der Waals surface area contributed by atoms with Crippen molar-refractivity contribution < 1.29 is 37.3 Å². The van der Waals surface area contributed by atoms with Crippen molar-refractivity contribution in [3.05, 3.63) is 212 Å². The van der Waals surface area contributed by atoms with Crippen molar-refractivity contribution in [3.63, 3.8) is 0 Å². The van der Waals surface area contributed by atoms with E-state index in [1.807, 2.05) is 24.3 Å². The van der Waals surface area contributed by atoms with Crippen LogP contribution in [0.1, 0.15) is 32.9 Å². The van der Waals surface area contributed by atoms with Gasteiger partial charge in [0.05, 0.1) is 55.0 Å². The van der Waals surface area contributed by atoms with Gasteiger partial charge in [-0.2, -0.15) is 15.0 Å². The predicted molar refractivity (Wildman–Crippen MR) is 258 cm³/mol. The zero-order chi connectivity index (χ0) is 62.3. The topological polar surface area (TPSA) is 61.7 Å². The molecule has 294 valence electrons. The molecule has 0 saturated carbocycles. The zero-order valence-corrected chi connectivity index (χ0v) is 32.0. The fourth-order valence-electron chi connectivity index (χ4n) is 7.92. The second-order valence-electron chi connectivity index (χ2n) is 14.2. The number of fused-ring (bicyclic) bond motifs is 9. The number of hydrogen-bond donors (Lipinski definition) is 0. The summed E-state index contributed by atoms with van der Waals surface area (Å²) < 4.78 is 226. The first-order chi connectivity index (χ1) is 41.2. The van der Waals surface area contributed by atoms with Crippen LogP contribution >= 0.6 is 0 Å². The lowest BCUT2D eigenvalue weighted by Crippen LogP contribution is -2.10. The van der Waals surface area contributed by atoms with E-state index in [1.54, 1.807) is 42.5 Å². The summed E-state index contributed by atoms with van der Waals surface area (Å²) >= 11 is 0. The van der Waals surface area contributed by atoms with E-state index in [2.05, 4.69) is 0 Å². The highest BCUT2D eigenvalue weighted by molar-refractivity contribution is 6.12. The molecular weight excluding hydrogens is 771 g/mol. The summed E-state index contributed by atoms with van der Waals surface area (Å²) in [5.41, 5.74) is -2.83. The molecule has 0 radical (unpaired) electrons. The van der Waals surface area contributed by atoms with Gasteiger partial charge in [-0.3, -0.25) is 9.13 Å². The Kier molecular flexibility index (Phi) is 4.21. The SMILES string of the molecule is [2H]c1c([2H])c([2H])c(-c2c([2H])c([2H])c3c4c([2H])c([2H])c(-c5c([2H])c([2H])c([2H])c([2H])c5[2H])c([2H])c4n(-c4nc(-c5ccccc5-c5ccc6oc7ccccc7c6c5)nc(-n5c6c([2H])c([2H])c([2H])c([2H])c6c6c([2H])c([2H])c([2H])c([2H])c65)n4)c3c2[2H])c([2H])c1[2H]. The molecule has 13 aromatic rings. The number of para-hydroxylation sites is 3. The number of rotatable bonds is 6.